The van der Waals surface area contributed by atoms with Crippen LogP contribution in [0.5, 0.6) is 0 Å². The van der Waals surface area contributed by atoms with Crippen molar-refractivity contribution >= 4 is 23.6 Å². The van der Waals surface area contributed by atoms with Gasteiger partial charge in [-0.1, -0.05) is 0 Å². The van der Waals surface area contributed by atoms with Crippen LogP contribution in [0.1, 0.15) is 17.3 Å². The van der Waals surface area contributed by atoms with Crippen LogP contribution in [0.3, 0.4) is 0 Å². The number of aliphatic hydroxyl groups excluding tert-OH is 1. The number of rotatable bonds is 5. The fraction of sp³-hybridized carbons (Fsp3) is 0.364. The van der Waals surface area contributed by atoms with E-state index in [1.807, 2.05) is 0 Å². The Balaban J connectivity index is 2.90. The molecule has 0 aliphatic heterocycles. The second-order valence-corrected chi connectivity index (χ2v) is 4.39. The molecular formula is C11H14N2O4S. The van der Waals surface area contributed by atoms with Gasteiger partial charge in [-0.15, -0.1) is 11.8 Å². The van der Waals surface area contributed by atoms with Crippen molar-refractivity contribution in [3.05, 3.63) is 23.9 Å². The summed E-state index contributed by atoms with van der Waals surface area (Å²) in [5.74, 6) is -1.85. The molecule has 98 valence electrons. The molecule has 2 unspecified atom stereocenters. The fourth-order valence-electron chi connectivity index (χ4n) is 1.33. The zero-order chi connectivity index (χ0) is 13.7. The predicted molar refractivity (Wildman–Crippen MR) is 66.6 cm³/mol. The maximum atomic E-state index is 11.9. The summed E-state index contributed by atoms with van der Waals surface area (Å²) in [5.41, 5.74) is 0.289. The van der Waals surface area contributed by atoms with Crippen LogP contribution in [0.25, 0.3) is 0 Å². The highest BCUT2D eigenvalue weighted by Gasteiger charge is 2.26. The maximum absolute atomic E-state index is 11.9. The third-order valence-electron chi connectivity index (χ3n) is 2.24. The average molecular weight is 270 g/mol. The molecule has 2 atom stereocenters. The van der Waals surface area contributed by atoms with E-state index >= 15 is 0 Å². The number of amides is 1. The van der Waals surface area contributed by atoms with Crippen LogP contribution in [0.2, 0.25) is 0 Å². The summed E-state index contributed by atoms with van der Waals surface area (Å²) in [6, 6.07) is 1.80. The molecule has 0 aromatic carbocycles. The van der Waals surface area contributed by atoms with Crippen molar-refractivity contribution in [2.75, 3.05) is 6.26 Å². The normalized spacial score (nSPS) is 13.7. The minimum absolute atomic E-state index is 0.289. The minimum atomic E-state index is -1.34. The third-order valence-corrected chi connectivity index (χ3v) is 2.96. The number of aliphatic hydroxyl groups is 1. The lowest BCUT2D eigenvalue weighted by Gasteiger charge is -2.17. The van der Waals surface area contributed by atoms with Crippen molar-refractivity contribution in [2.24, 2.45) is 0 Å². The third kappa shape index (κ3) is 3.44. The molecule has 0 bridgehead atoms. The zero-order valence-electron chi connectivity index (χ0n) is 9.95. The lowest BCUT2D eigenvalue weighted by atomic mass is 10.1. The first-order chi connectivity index (χ1) is 8.47. The molecule has 0 aliphatic carbocycles. The number of hydrogen-bond donors (Lipinski definition) is 3. The molecule has 3 N–H and O–H groups in total. The fourth-order valence-corrected chi connectivity index (χ4v) is 1.88. The standard InChI is InChI=1S/C11H14N2O4S/c1-6(14)8(11(16)17)13-9(15)7-4-3-5-12-10(7)18-2/h3-6,8,14H,1-2H3,(H,13,15)(H,16,17). The SMILES string of the molecule is CSc1ncccc1C(=O)NC(C(=O)O)C(C)O. The molecule has 0 aliphatic rings. The van der Waals surface area contributed by atoms with Gasteiger partial charge in [0.15, 0.2) is 6.04 Å². The van der Waals surface area contributed by atoms with E-state index in [2.05, 4.69) is 10.3 Å². The molecule has 0 spiro atoms. The number of pyridine rings is 1. The largest absolute Gasteiger partial charge is 0.480 e. The molecule has 1 amide bonds. The number of carbonyl (C=O) groups excluding carboxylic acids is 1. The van der Waals surface area contributed by atoms with E-state index in [9.17, 15) is 14.7 Å². The quantitative estimate of drug-likeness (QED) is 0.668. The van der Waals surface area contributed by atoms with Crippen molar-refractivity contribution in [3.8, 4) is 0 Å². The van der Waals surface area contributed by atoms with E-state index in [1.165, 1.54) is 18.7 Å². The Morgan fingerprint density at radius 3 is 2.67 bits per heavy atom. The highest BCUT2D eigenvalue weighted by molar-refractivity contribution is 7.98. The van der Waals surface area contributed by atoms with E-state index in [0.717, 1.165) is 0 Å². The Labute approximate surface area is 108 Å². The van der Waals surface area contributed by atoms with Crippen LogP contribution in [0.15, 0.2) is 23.4 Å². The number of carboxylic acids is 1. The molecule has 0 saturated heterocycles. The summed E-state index contributed by atoms with van der Waals surface area (Å²) >= 11 is 1.29. The minimum Gasteiger partial charge on any atom is -0.480 e. The predicted octanol–water partition coefficient (Wildman–Crippen LogP) is 0.367. The van der Waals surface area contributed by atoms with Gasteiger partial charge < -0.3 is 15.5 Å². The summed E-state index contributed by atoms with van der Waals surface area (Å²) in [7, 11) is 0. The number of carbonyl (C=O) groups is 2. The first kappa shape index (κ1) is 14.5. The first-order valence-electron chi connectivity index (χ1n) is 5.18. The molecule has 18 heavy (non-hydrogen) atoms. The highest BCUT2D eigenvalue weighted by atomic mass is 32.2. The highest BCUT2D eigenvalue weighted by Crippen LogP contribution is 2.16. The molecule has 1 heterocycles. The molecule has 0 radical (unpaired) electrons. The van der Waals surface area contributed by atoms with Gasteiger partial charge in [-0.3, -0.25) is 4.79 Å². The molecule has 1 rings (SSSR count). The smallest absolute Gasteiger partial charge is 0.328 e. The number of aliphatic carboxylic acids is 1. The second kappa shape index (κ2) is 6.36. The maximum Gasteiger partial charge on any atom is 0.328 e. The summed E-state index contributed by atoms with van der Waals surface area (Å²) in [6.07, 6.45) is 2.13. The van der Waals surface area contributed by atoms with Gasteiger partial charge in [0, 0.05) is 6.20 Å². The van der Waals surface area contributed by atoms with Crippen molar-refractivity contribution in [1.29, 1.82) is 0 Å². The summed E-state index contributed by atoms with van der Waals surface area (Å²) in [5, 5.41) is 20.9. The van der Waals surface area contributed by atoms with Crippen LogP contribution in [0, 0.1) is 0 Å². The number of carboxylic acid groups (broad SMARTS) is 1. The first-order valence-corrected chi connectivity index (χ1v) is 6.40. The Hall–Kier alpha value is -1.60. The van der Waals surface area contributed by atoms with Crippen LogP contribution in [-0.4, -0.2) is 45.5 Å². The second-order valence-electron chi connectivity index (χ2n) is 3.59. The van der Waals surface area contributed by atoms with Crippen LogP contribution >= 0.6 is 11.8 Å². The Morgan fingerprint density at radius 2 is 2.17 bits per heavy atom. The summed E-state index contributed by atoms with van der Waals surface area (Å²) in [4.78, 5) is 26.8. The van der Waals surface area contributed by atoms with Crippen LogP contribution in [0.4, 0.5) is 0 Å². The van der Waals surface area contributed by atoms with Crippen molar-refractivity contribution in [2.45, 2.75) is 24.1 Å². The Morgan fingerprint density at radius 1 is 1.50 bits per heavy atom. The number of nitrogens with one attached hydrogen (secondary N) is 1. The molecule has 1 aromatic heterocycles. The van der Waals surface area contributed by atoms with Gasteiger partial charge in [0.05, 0.1) is 11.7 Å². The summed E-state index contributed by atoms with van der Waals surface area (Å²) < 4.78 is 0. The monoisotopic (exact) mass is 270 g/mol. The van der Waals surface area contributed by atoms with Crippen molar-refractivity contribution in [3.63, 3.8) is 0 Å². The molecule has 1 aromatic rings. The number of thioether (sulfide) groups is 1. The van der Waals surface area contributed by atoms with Gasteiger partial charge in [-0.25, -0.2) is 9.78 Å². The Kier molecular flexibility index (Phi) is 5.11. The topological polar surface area (TPSA) is 99.5 Å². The number of aromatic nitrogens is 1. The van der Waals surface area contributed by atoms with Gasteiger partial charge in [0.1, 0.15) is 5.03 Å². The number of nitrogens with zero attached hydrogens (tertiary/aromatic N) is 1. The molecule has 0 saturated carbocycles. The van der Waals surface area contributed by atoms with Crippen molar-refractivity contribution in [1.82, 2.24) is 10.3 Å². The lowest BCUT2D eigenvalue weighted by molar-refractivity contribution is -0.141. The van der Waals surface area contributed by atoms with E-state index in [0.29, 0.717) is 5.03 Å². The van der Waals surface area contributed by atoms with Gasteiger partial charge in [-0.2, -0.15) is 0 Å². The lowest BCUT2D eigenvalue weighted by Crippen LogP contribution is -2.47. The number of hydrogen-bond acceptors (Lipinski definition) is 5. The van der Waals surface area contributed by atoms with Gasteiger partial charge >= 0.3 is 5.97 Å². The molecule has 7 heteroatoms. The molecule has 6 nitrogen and oxygen atoms in total. The van der Waals surface area contributed by atoms with Gasteiger partial charge in [0.2, 0.25) is 0 Å². The average Bonchev–Trinajstić information content (AvgIpc) is 2.34. The van der Waals surface area contributed by atoms with E-state index in [1.54, 1.807) is 24.6 Å². The van der Waals surface area contributed by atoms with Crippen LogP contribution < -0.4 is 5.32 Å². The van der Waals surface area contributed by atoms with Gasteiger partial charge in [-0.05, 0) is 25.3 Å². The van der Waals surface area contributed by atoms with Crippen molar-refractivity contribution < 1.29 is 19.8 Å². The van der Waals surface area contributed by atoms with Gasteiger partial charge in [0.25, 0.3) is 5.91 Å². The van der Waals surface area contributed by atoms with E-state index in [-0.39, 0.29) is 5.56 Å². The molecule has 0 fully saturated rings. The zero-order valence-corrected chi connectivity index (χ0v) is 10.8. The Bertz CT molecular complexity index is 450. The molecular weight excluding hydrogens is 256 g/mol. The van der Waals surface area contributed by atoms with E-state index in [4.69, 9.17) is 5.11 Å². The van der Waals surface area contributed by atoms with E-state index < -0.39 is 24.0 Å². The summed E-state index contributed by atoms with van der Waals surface area (Å²) in [6.45, 7) is 1.30. The van der Waals surface area contributed by atoms with Crippen LogP contribution in [-0.2, 0) is 4.79 Å².